The van der Waals surface area contributed by atoms with Crippen LogP contribution >= 0.6 is 15.9 Å². The highest BCUT2D eigenvalue weighted by molar-refractivity contribution is 9.09. The zero-order valence-electron chi connectivity index (χ0n) is 6.10. The summed E-state index contributed by atoms with van der Waals surface area (Å²) in [6.45, 7) is 5.71. The molecule has 0 amide bonds. The highest BCUT2D eigenvalue weighted by Gasteiger charge is 1.99. The molecule has 0 aromatic carbocycles. The Morgan fingerprint density at radius 3 is 2.80 bits per heavy atom. The lowest BCUT2D eigenvalue weighted by atomic mass is 10.1. The molecule has 0 aliphatic carbocycles. The van der Waals surface area contributed by atoms with E-state index >= 15 is 0 Å². The Morgan fingerprint density at radius 2 is 2.40 bits per heavy atom. The van der Waals surface area contributed by atoms with Crippen LogP contribution in [0.4, 0.5) is 0 Å². The van der Waals surface area contributed by atoms with Crippen molar-refractivity contribution >= 4 is 21.9 Å². The Balaban J connectivity index is 3.11. The number of hydrogen-bond donors (Lipinski definition) is 0. The Morgan fingerprint density at radius 1 is 1.80 bits per heavy atom. The number of esters is 1. The van der Waals surface area contributed by atoms with Crippen LogP contribution in [0.1, 0.15) is 13.3 Å². The smallest absolute Gasteiger partial charge is 0.302 e. The van der Waals surface area contributed by atoms with Crippen molar-refractivity contribution in [2.75, 3.05) is 11.9 Å². The van der Waals surface area contributed by atoms with Gasteiger partial charge in [0.05, 0.1) is 6.61 Å². The van der Waals surface area contributed by atoms with Crippen LogP contribution in [0.5, 0.6) is 0 Å². The molecule has 0 aromatic rings. The molecule has 3 heteroatoms. The van der Waals surface area contributed by atoms with E-state index in [0.29, 0.717) is 12.5 Å². The van der Waals surface area contributed by atoms with Gasteiger partial charge in [0.1, 0.15) is 0 Å². The Bertz CT molecular complexity index is 104. The van der Waals surface area contributed by atoms with Crippen LogP contribution in [0.3, 0.4) is 0 Å². The minimum Gasteiger partial charge on any atom is -0.466 e. The minimum atomic E-state index is -0.221. The zero-order chi connectivity index (χ0) is 7.98. The van der Waals surface area contributed by atoms with Crippen molar-refractivity contribution in [1.82, 2.24) is 0 Å². The van der Waals surface area contributed by atoms with E-state index in [9.17, 15) is 4.79 Å². The number of alkyl halides is 1. The van der Waals surface area contributed by atoms with Crippen molar-refractivity contribution < 1.29 is 9.53 Å². The van der Waals surface area contributed by atoms with Crippen molar-refractivity contribution in [1.29, 1.82) is 0 Å². The lowest BCUT2D eigenvalue weighted by Crippen LogP contribution is -2.05. The summed E-state index contributed by atoms with van der Waals surface area (Å²) in [5, 5.41) is 0.855. The standard InChI is InChI=1S/C7H12BrO2/c1-6(5-8)3-4-10-7(2)9/h6H,1,3-5H2,2H3. The molecule has 10 heavy (non-hydrogen) atoms. The molecule has 1 atom stereocenters. The Kier molecular flexibility index (Phi) is 5.69. The fraction of sp³-hybridized carbons (Fsp3) is 0.714. The summed E-state index contributed by atoms with van der Waals surface area (Å²) >= 11 is 3.28. The second-order valence-electron chi connectivity index (χ2n) is 2.15. The largest absolute Gasteiger partial charge is 0.466 e. The number of carbonyl (C=O) groups is 1. The van der Waals surface area contributed by atoms with E-state index in [1.165, 1.54) is 6.92 Å². The Labute approximate surface area is 70.1 Å². The Hall–Kier alpha value is -0.0500. The third kappa shape index (κ3) is 6.08. The summed E-state index contributed by atoms with van der Waals surface area (Å²) in [6, 6.07) is 0. The predicted octanol–water partition coefficient (Wildman–Crippen LogP) is 1.78. The first-order chi connectivity index (χ1) is 4.66. The van der Waals surface area contributed by atoms with Gasteiger partial charge < -0.3 is 4.74 Å². The fourth-order valence-electron chi connectivity index (χ4n) is 0.446. The van der Waals surface area contributed by atoms with Crippen LogP contribution in [0.25, 0.3) is 0 Å². The van der Waals surface area contributed by atoms with Gasteiger partial charge in [-0.1, -0.05) is 15.9 Å². The second-order valence-corrected chi connectivity index (χ2v) is 2.80. The van der Waals surface area contributed by atoms with Crippen molar-refractivity contribution in [2.24, 2.45) is 5.92 Å². The van der Waals surface area contributed by atoms with Gasteiger partial charge in [-0.25, -0.2) is 0 Å². The number of hydrogen-bond acceptors (Lipinski definition) is 2. The first-order valence-corrected chi connectivity index (χ1v) is 4.31. The first-order valence-electron chi connectivity index (χ1n) is 3.19. The summed E-state index contributed by atoms with van der Waals surface area (Å²) < 4.78 is 4.71. The van der Waals surface area contributed by atoms with Crippen LogP contribution in [0, 0.1) is 12.8 Å². The fourth-order valence-corrected chi connectivity index (χ4v) is 0.770. The molecule has 59 valence electrons. The highest BCUT2D eigenvalue weighted by Crippen LogP contribution is 2.04. The normalized spacial score (nSPS) is 12.7. The van der Waals surface area contributed by atoms with Gasteiger partial charge in [-0.3, -0.25) is 4.79 Å². The van der Waals surface area contributed by atoms with E-state index in [4.69, 9.17) is 4.74 Å². The summed E-state index contributed by atoms with van der Waals surface area (Å²) in [5.74, 6) is 0.112. The molecule has 0 aliphatic rings. The summed E-state index contributed by atoms with van der Waals surface area (Å²) in [5.41, 5.74) is 0. The molecule has 1 radical (unpaired) electrons. The summed E-state index contributed by atoms with van der Waals surface area (Å²) in [6.07, 6.45) is 0.824. The van der Waals surface area contributed by atoms with E-state index in [2.05, 4.69) is 22.9 Å². The lowest BCUT2D eigenvalue weighted by molar-refractivity contribution is -0.141. The van der Waals surface area contributed by atoms with Gasteiger partial charge in [0.25, 0.3) is 0 Å². The summed E-state index contributed by atoms with van der Waals surface area (Å²) in [4.78, 5) is 10.3. The molecule has 0 bridgehead atoms. The maximum Gasteiger partial charge on any atom is 0.302 e. The van der Waals surface area contributed by atoms with Crippen LogP contribution < -0.4 is 0 Å². The van der Waals surface area contributed by atoms with Crippen LogP contribution in [-0.2, 0) is 9.53 Å². The van der Waals surface area contributed by atoms with Crippen molar-refractivity contribution in [3.63, 3.8) is 0 Å². The molecule has 0 rings (SSSR count). The first kappa shape index (κ1) is 9.95. The van der Waals surface area contributed by atoms with Gasteiger partial charge in [-0.2, -0.15) is 0 Å². The third-order valence-corrected chi connectivity index (χ3v) is 1.97. The molecule has 0 saturated heterocycles. The number of carbonyl (C=O) groups excluding carboxylic acids is 1. The molecule has 2 nitrogen and oxygen atoms in total. The molecular formula is C7H12BrO2. The second kappa shape index (κ2) is 5.71. The maximum absolute atomic E-state index is 10.3. The number of ether oxygens (including phenoxy) is 1. The van der Waals surface area contributed by atoms with Gasteiger partial charge in [0, 0.05) is 12.3 Å². The topological polar surface area (TPSA) is 26.3 Å². The highest BCUT2D eigenvalue weighted by atomic mass is 79.9. The van der Waals surface area contributed by atoms with Crippen molar-refractivity contribution in [2.45, 2.75) is 13.3 Å². The molecule has 0 aliphatic heterocycles. The van der Waals surface area contributed by atoms with Gasteiger partial charge in [0.2, 0.25) is 0 Å². The van der Waals surface area contributed by atoms with Crippen LogP contribution in [-0.4, -0.2) is 17.9 Å². The molecule has 1 unspecified atom stereocenters. The van der Waals surface area contributed by atoms with E-state index < -0.39 is 0 Å². The minimum absolute atomic E-state index is 0.221. The van der Waals surface area contributed by atoms with Crippen molar-refractivity contribution in [3.8, 4) is 0 Å². The average Bonchev–Trinajstić information content (AvgIpc) is 1.87. The van der Waals surface area contributed by atoms with Gasteiger partial charge in [-0.05, 0) is 19.3 Å². The third-order valence-electron chi connectivity index (χ3n) is 1.05. The number of rotatable bonds is 4. The zero-order valence-corrected chi connectivity index (χ0v) is 7.69. The van der Waals surface area contributed by atoms with E-state index in [1.54, 1.807) is 0 Å². The van der Waals surface area contributed by atoms with E-state index in [-0.39, 0.29) is 5.97 Å². The van der Waals surface area contributed by atoms with Gasteiger partial charge in [-0.15, -0.1) is 0 Å². The summed E-state index contributed by atoms with van der Waals surface area (Å²) in [7, 11) is 0. The van der Waals surface area contributed by atoms with E-state index in [1.807, 2.05) is 0 Å². The molecule has 0 fully saturated rings. The van der Waals surface area contributed by atoms with Gasteiger partial charge in [0.15, 0.2) is 0 Å². The van der Waals surface area contributed by atoms with E-state index in [0.717, 1.165) is 11.8 Å². The molecule has 0 spiro atoms. The van der Waals surface area contributed by atoms with Gasteiger partial charge >= 0.3 is 5.97 Å². The van der Waals surface area contributed by atoms with Crippen LogP contribution in [0.2, 0.25) is 0 Å². The number of halogens is 1. The predicted molar refractivity (Wildman–Crippen MR) is 43.9 cm³/mol. The quantitative estimate of drug-likeness (QED) is 0.520. The van der Waals surface area contributed by atoms with Crippen molar-refractivity contribution in [3.05, 3.63) is 6.92 Å². The lowest BCUT2D eigenvalue weighted by Gasteiger charge is -2.05. The maximum atomic E-state index is 10.3. The van der Waals surface area contributed by atoms with Crippen LogP contribution in [0.15, 0.2) is 0 Å². The molecular weight excluding hydrogens is 196 g/mol. The monoisotopic (exact) mass is 207 g/mol. The molecule has 0 saturated carbocycles. The average molecular weight is 208 g/mol. The molecule has 0 aromatic heterocycles. The molecule has 0 N–H and O–H groups in total. The molecule has 0 heterocycles. The SMILES string of the molecule is [CH2]C(CBr)CCOC(C)=O.